The molecule has 1 aliphatic heterocycles. The van der Waals surface area contributed by atoms with Crippen molar-refractivity contribution in [3.8, 4) is 0 Å². The summed E-state index contributed by atoms with van der Waals surface area (Å²) >= 11 is 0. The smallest absolute Gasteiger partial charge is 0.238 e. The Morgan fingerprint density at radius 1 is 1.15 bits per heavy atom. The van der Waals surface area contributed by atoms with Crippen molar-refractivity contribution < 1.29 is 14.3 Å². The summed E-state index contributed by atoms with van der Waals surface area (Å²) in [5, 5.41) is 5.93. The molecule has 1 fully saturated rings. The summed E-state index contributed by atoms with van der Waals surface area (Å²) in [6.45, 7) is 13.2. The first kappa shape index (κ1) is 21.4. The zero-order valence-corrected chi connectivity index (χ0v) is 17.3. The average Bonchev–Trinajstić information content (AvgIpc) is 2.53. The second-order valence-electron chi connectivity index (χ2n) is 7.94. The van der Waals surface area contributed by atoms with Crippen LogP contribution in [0.4, 0.5) is 5.69 Å². The molecule has 1 aliphatic rings. The van der Waals surface area contributed by atoms with Gasteiger partial charge >= 0.3 is 0 Å². The van der Waals surface area contributed by atoms with E-state index in [0.29, 0.717) is 0 Å². The number of ether oxygens (including phenoxy) is 1. The van der Waals surface area contributed by atoms with Gasteiger partial charge in [0.15, 0.2) is 0 Å². The quantitative estimate of drug-likeness (QED) is 0.802. The van der Waals surface area contributed by atoms with Gasteiger partial charge in [-0.2, -0.15) is 0 Å². The van der Waals surface area contributed by atoms with Crippen molar-refractivity contribution in [3.63, 3.8) is 0 Å². The topological polar surface area (TPSA) is 70.7 Å². The second kappa shape index (κ2) is 9.33. The summed E-state index contributed by atoms with van der Waals surface area (Å²) < 4.78 is 5.81. The molecule has 0 spiro atoms. The van der Waals surface area contributed by atoms with Gasteiger partial charge in [-0.25, -0.2) is 0 Å². The highest BCUT2D eigenvalue weighted by molar-refractivity contribution is 5.88. The molecule has 27 heavy (non-hydrogen) atoms. The van der Waals surface area contributed by atoms with E-state index in [0.717, 1.165) is 24.3 Å². The van der Waals surface area contributed by atoms with E-state index in [2.05, 4.69) is 29.4 Å². The summed E-state index contributed by atoms with van der Waals surface area (Å²) in [5.74, 6) is 0.114. The number of anilines is 1. The molecule has 0 radical (unpaired) electrons. The molecule has 6 heteroatoms. The molecular weight excluding hydrogens is 342 g/mol. The summed E-state index contributed by atoms with van der Waals surface area (Å²) in [4.78, 5) is 26.6. The predicted molar refractivity (Wildman–Crippen MR) is 108 cm³/mol. The average molecular weight is 376 g/mol. The summed E-state index contributed by atoms with van der Waals surface area (Å²) in [6.07, 6.45) is 0.240. The molecule has 2 amide bonds. The van der Waals surface area contributed by atoms with Gasteiger partial charge in [-0.3, -0.25) is 14.5 Å². The lowest BCUT2D eigenvalue weighted by atomic mass is 9.98. The molecule has 1 aromatic rings. The minimum absolute atomic E-state index is 0.0312. The highest BCUT2D eigenvalue weighted by Crippen LogP contribution is 2.21. The van der Waals surface area contributed by atoms with Gasteiger partial charge in [0.2, 0.25) is 11.8 Å². The van der Waals surface area contributed by atoms with Crippen LogP contribution in [-0.4, -0.2) is 48.1 Å². The fourth-order valence-electron chi connectivity index (χ4n) is 3.81. The van der Waals surface area contributed by atoms with Gasteiger partial charge in [0.05, 0.1) is 24.3 Å². The van der Waals surface area contributed by atoms with Crippen LogP contribution in [0.1, 0.15) is 53.1 Å². The number of carbonyl (C=O) groups is 2. The van der Waals surface area contributed by atoms with Crippen molar-refractivity contribution in [2.75, 3.05) is 18.4 Å². The Hall–Kier alpha value is -1.92. The molecule has 150 valence electrons. The summed E-state index contributed by atoms with van der Waals surface area (Å²) in [6, 6.07) is 7.24. The molecule has 1 saturated heterocycles. The lowest BCUT2D eigenvalue weighted by Gasteiger charge is -2.41. The summed E-state index contributed by atoms with van der Waals surface area (Å²) in [7, 11) is 0. The number of carbonyl (C=O) groups excluding carboxylic acids is 2. The number of hydrogen-bond acceptors (Lipinski definition) is 4. The van der Waals surface area contributed by atoms with Gasteiger partial charge < -0.3 is 15.4 Å². The maximum absolute atomic E-state index is 13.1. The molecule has 2 rings (SSSR count). The number of hydrogen-bond donors (Lipinski definition) is 2. The zero-order valence-electron chi connectivity index (χ0n) is 17.3. The fourth-order valence-corrected chi connectivity index (χ4v) is 3.81. The van der Waals surface area contributed by atoms with Crippen molar-refractivity contribution in [2.45, 2.75) is 65.8 Å². The Morgan fingerprint density at radius 2 is 1.78 bits per heavy atom. The van der Waals surface area contributed by atoms with E-state index >= 15 is 0 Å². The second-order valence-corrected chi connectivity index (χ2v) is 7.94. The van der Waals surface area contributed by atoms with Crippen molar-refractivity contribution in [3.05, 3.63) is 29.8 Å². The van der Waals surface area contributed by atoms with E-state index in [1.165, 1.54) is 6.92 Å². The lowest BCUT2D eigenvalue weighted by Crippen LogP contribution is -2.57. The van der Waals surface area contributed by atoms with E-state index in [4.69, 9.17) is 4.74 Å². The van der Waals surface area contributed by atoms with E-state index in [1.807, 2.05) is 45.0 Å². The monoisotopic (exact) mass is 375 g/mol. The van der Waals surface area contributed by atoms with E-state index in [9.17, 15) is 9.59 Å². The van der Waals surface area contributed by atoms with E-state index < -0.39 is 0 Å². The number of nitrogens with zero attached hydrogens (tertiary/aromatic N) is 1. The van der Waals surface area contributed by atoms with Gasteiger partial charge in [0, 0.05) is 25.7 Å². The Balaban J connectivity index is 2.09. The van der Waals surface area contributed by atoms with Crippen LogP contribution in [0.15, 0.2) is 24.3 Å². The minimum atomic E-state index is -0.195. The molecular formula is C21H33N3O3. The normalized spacial score (nSPS) is 22.9. The third-order valence-electron chi connectivity index (χ3n) is 4.81. The van der Waals surface area contributed by atoms with Gasteiger partial charge in [-0.05, 0) is 44.4 Å². The van der Waals surface area contributed by atoms with Crippen molar-refractivity contribution >= 4 is 17.5 Å². The number of nitrogens with one attached hydrogen (secondary N) is 2. The molecule has 0 aliphatic carbocycles. The van der Waals surface area contributed by atoms with Crippen LogP contribution in [0.3, 0.4) is 0 Å². The highest BCUT2D eigenvalue weighted by atomic mass is 16.5. The number of benzene rings is 1. The van der Waals surface area contributed by atoms with Crippen LogP contribution in [0.5, 0.6) is 0 Å². The number of rotatable bonds is 6. The van der Waals surface area contributed by atoms with Crippen molar-refractivity contribution in [2.24, 2.45) is 5.92 Å². The molecule has 2 N–H and O–H groups in total. The Morgan fingerprint density at radius 3 is 2.33 bits per heavy atom. The first-order valence-corrected chi connectivity index (χ1v) is 9.74. The third kappa shape index (κ3) is 6.04. The van der Waals surface area contributed by atoms with Crippen LogP contribution >= 0.6 is 0 Å². The molecule has 4 atom stereocenters. The molecule has 1 heterocycles. The van der Waals surface area contributed by atoms with Gasteiger partial charge in [-0.15, -0.1) is 0 Å². The van der Waals surface area contributed by atoms with Crippen LogP contribution in [-0.2, 0) is 14.3 Å². The molecule has 0 aromatic heterocycles. The van der Waals surface area contributed by atoms with Gasteiger partial charge in [-0.1, -0.05) is 26.0 Å². The maximum Gasteiger partial charge on any atom is 0.238 e. The van der Waals surface area contributed by atoms with Gasteiger partial charge in [0.1, 0.15) is 0 Å². The molecule has 6 nitrogen and oxygen atoms in total. The van der Waals surface area contributed by atoms with Crippen LogP contribution in [0, 0.1) is 5.92 Å². The van der Waals surface area contributed by atoms with E-state index in [1.54, 1.807) is 0 Å². The molecule has 4 unspecified atom stereocenters. The SMILES string of the molecule is CC(=O)Nc1cccc(C(C)NC(=O)C(C(C)C)N2CC(C)OC(C)C2)c1. The molecule has 0 saturated carbocycles. The maximum atomic E-state index is 13.1. The van der Waals surface area contributed by atoms with E-state index in [-0.39, 0.29) is 42.0 Å². The zero-order chi connectivity index (χ0) is 20.1. The molecule has 1 aromatic carbocycles. The van der Waals surface area contributed by atoms with Crippen LogP contribution in [0.2, 0.25) is 0 Å². The Kier molecular flexibility index (Phi) is 7.39. The Labute approximate surface area is 162 Å². The standard InChI is InChI=1S/C21H33N3O3/c1-13(2)20(24-11-14(3)27-15(4)12-24)21(26)22-16(5)18-8-7-9-19(10-18)23-17(6)25/h7-10,13-16,20H,11-12H2,1-6H3,(H,22,26)(H,23,25). The van der Waals surface area contributed by atoms with Crippen LogP contribution in [0.25, 0.3) is 0 Å². The lowest BCUT2D eigenvalue weighted by molar-refractivity contribution is -0.136. The molecule has 0 bridgehead atoms. The number of morpholine rings is 1. The number of amides is 2. The summed E-state index contributed by atoms with van der Waals surface area (Å²) in [5.41, 5.74) is 1.69. The predicted octanol–water partition coefficient (Wildman–Crippen LogP) is 2.96. The first-order valence-electron chi connectivity index (χ1n) is 9.74. The first-order chi connectivity index (χ1) is 12.7. The Bertz CT molecular complexity index is 652. The fraction of sp³-hybridized carbons (Fsp3) is 0.619. The third-order valence-corrected chi connectivity index (χ3v) is 4.81. The van der Waals surface area contributed by atoms with Crippen molar-refractivity contribution in [1.82, 2.24) is 10.2 Å². The van der Waals surface area contributed by atoms with Gasteiger partial charge in [0.25, 0.3) is 0 Å². The largest absolute Gasteiger partial charge is 0.373 e. The van der Waals surface area contributed by atoms with Crippen molar-refractivity contribution in [1.29, 1.82) is 0 Å². The minimum Gasteiger partial charge on any atom is -0.373 e. The highest BCUT2D eigenvalue weighted by Gasteiger charge is 2.34. The van der Waals surface area contributed by atoms with Crippen LogP contribution < -0.4 is 10.6 Å².